The summed E-state index contributed by atoms with van der Waals surface area (Å²) in [4.78, 5) is 12.6. The van der Waals surface area contributed by atoms with E-state index in [-0.39, 0.29) is 5.91 Å². The van der Waals surface area contributed by atoms with E-state index in [4.69, 9.17) is 9.15 Å². The van der Waals surface area contributed by atoms with E-state index in [0.29, 0.717) is 35.4 Å². The van der Waals surface area contributed by atoms with Gasteiger partial charge in [-0.05, 0) is 55.5 Å². The number of nitrogens with zero attached hydrogens (tertiary/aromatic N) is 2. The highest BCUT2D eigenvalue weighted by molar-refractivity contribution is 6.06. The third kappa shape index (κ3) is 4.16. The van der Waals surface area contributed by atoms with Crippen LogP contribution in [0.2, 0.25) is 0 Å². The topological polar surface area (TPSA) is 77.2 Å². The summed E-state index contributed by atoms with van der Waals surface area (Å²) in [7, 11) is 0. The van der Waals surface area contributed by atoms with E-state index in [9.17, 15) is 4.79 Å². The number of hydrogen-bond donors (Lipinski definition) is 1. The van der Waals surface area contributed by atoms with Crippen molar-refractivity contribution in [2.24, 2.45) is 0 Å². The van der Waals surface area contributed by atoms with Gasteiger partial charge in [0.15, 0.2) is 0 Å². The molecule has 1 amide bonds. The van der Waals surface area contributed by atoms with Crippen molar-refractivity contribution < 1.29 is 13.9 Å². The first kappa shape index (κ1) is 18.4. The van der Waals surface area contributed by atoms with Crippen molar-refractivity contribution in [3.8, 4) is 28.7 Å². The van der Waals surface area contributed by atoms with Crippen LogP contribution < -0.4 is 10.1 Å². The Hall–Kier alpha value is -3.93. The molecule has 4 rings (SSSR count). The first-order valence-electron chi connectivity index (χ1n) is 9.27. The molecule has 3 aromatic carbocycles. The lowest BCUT2D eigenvalue weighted by Crippen LogP contribution is -2.13. The Morgan fingerprint density at radius 2 is 1.48 bits per heavy atom. The summed E-state index contributed by atoms with van der Waals surface area (Å²) in [6.07, 6.45) is 0. The van der Waals surface area contributed by atoms with Crippen LogP contribution in [0.4, 0.5) is 5.69 Å². The van der Waals surface area contributed by atoms with Crippen molar-refractivity contribution in [1.82, 2.24) is 10.2 Å². The van der Waals surface area contributed by atoms with Gasteiger partial charge in [-0.1, -0.05) is 30.3 Å². The third-order valence-corrected chi connectivity index (χ3v) is 4.27. The number of carbonyl (C=O) groups excluding carboxylic acids is 1. The summed E-state index contributed by atoms with van der Waals surface area (Å²) in [5.74, 6) is 1.21. The van der Waals surface area contributed by atoms with E-state index in [1.807, 2.05) is 55.5 Å². The normalized spacial score (nSPS) is 10.5. The van der Waals surface area contributed by atoms with Gasteiger partial charge in [0.2, 0.25) is 11.8 Å². The van der Waals surface area contributed by atoms with E-state index in [2.05, 4.69) is 15.5 Å². The maximum absolute atomic E-state index is 12.6. The van der Waals surface area contributed by atoms with Gasteiger partial charge in [0.1, 0.15) is 5.75 Å². The van der Waals surface area contributed by atoms with Crippen molar-refractivity contribution in [3.05, 3.63) is 84.4 Å². The number of amides is 1. The molecule has 6 heteroatoms. The van der Waals surface area contributed by atoms with Crippen LogP contribution in [0.3, 0.4) is 0 Å². The molecular weight excluding hydrogens is 366 g/mol. The Morgan fingerprint density at radius 1 is 0.862 bits per heavy atom. The monoisotopic (exact) mass is 385 g/mol. The Morgan fingerprint density at radius 3 is 2.17 bits per heavy atom. The van der Waals surface area contributed by atoms with Gasteiger partial charge in [-0.2, -0.15) is 0 Å². The third-order valence-electron chi connectivity index (χ3n) is 4.27. The molecule has 1 N–H and O–H groups in total. The molecule has 0 saturated heterocycles. The molecule has 4 aromatic rings. The SMILES string of the molecule is CCOc1ccccc1C(=O)Nc1ccc(-c2nnc(-c3ccccc3)o2)cc1. The van der Waals surface area contributed by atoms with Crippen molar-refractivity contribution in [3.63, 3.8) is 0 Å². The van der Waals surface area contributed by atoms with Crippen molar-refractivity contribution in [2.75, 3.05) is 11.9 Å². The molecule has 0 bridgehead atoms. The van der Waals surface area contributed by atoms with Gasteiger partial charge < -0.3 is 14.5 Å². The highest BCUT2D eigenvalue weighted by atomic mass is 16.5. The highest BCUT2D eigenvalue weighted by Crippen LogP contribution is 2.25. The number of hydrogen-bond acceptors (Lipinski definition) is 5. The predicted octanol–water partition coefficient (Wildman–Crippen LogP) is 5.05. The van der Waals surface area contributed by atoms with Crippen molar-refractivity contribution in [1.29, 1.82) is 0 Å². The molecule has 29 heavy (non-hydrogen) atoms. The minimum absolute atomic E-state index is 0.231. The fourth-order valence-electron chi connectivity index (χ4n) is 2.87. The van der Waals surface area contributed by atoms with Crippen LogP contribution in [0, 0.1) is 0 Å². The number of benzene rings is 3. The lowest BCUT2D eigenvalue weighted by Gasteiger charge is -2.10. The van der Waals surface area contributed by atoms with E-state index >= 15 is 0 Å². The standard InChI is InChI=1S/C23H19N3O3/c1-2-28-20-11-7-6-10-19(20)21(27)24-18-14-12-17(13-15-18)23-26-25-22(29-23)16-8-4-3-5-9-16/h3-15H,2H2,1H3,(H,24,27). The Kier molecular flexibility index (Phi) is 5.33. The Balaban J connectivity index is 1.49. The quantitative estimate of drug-likeness (QED) is 0.502. The molecule has 0 fully saturated rings. The molecule has 0 aliphatic carbocycles. The largest absolute Gasteiger partial charge is 0.493 e. The summed E-state index contributed by atoms with van der Waals surface area (Å²) in [5, 5.41) is 11.1. The lowest BCUT2D eigenvalue weighted by molar-refractivity contribution is 0.102. The number of nitrogens with one attached hydrogen (secondary N) is 1. The second kappa shape index (κ2) is 8.39. The maximum atomic E-state index is 12.6. The average Bonchev–Trinajstić information content (AvgIpc) is 3.26. The number of ether oxygens (including phenoxy) is 1. The fourth-order valence-corrected chi connectivity index (χ4v) is 2.87. The van der Waals surface area contributed by atoms with Crippen LogP contribution in [-0.4, -0.2) is 22.7 Å². The van der Waals surface area contributed by atoms with E-state index in [1.54, 1.807) is 30.3 Å². The second-order valence-corrected chi connectivity index (χ2v) is 6.24. The first-order chi connectivity index (χ1) is 14.2. The second-order valence-electron chi connectivity index (χ2n) is 6.24. The van der Waals surface area contributed by atoms with Crippen molar-refractivity contribution >= 4 is 11.6 Å². The van der Waals surface area contributed by atoms with Gasteiger partial charge >= 0.3 is 0 Å². The molecule has 6 nitrogen and oxygen atoms in total. The molecular formula is C23H19N3O3. The Bertz CT molecular complexity index is 1110. The summed E-state index contributed by atoms with van der Waals surface area (Å²) in [6.45, 7) is 2.38. The molecule has 0 saturated carbocycles. The lowest BCUT2D eigenvalue weighted by atomic mass is 10.1. The molecule has 0 unspecified atom stereocenters. The number of carbonyl (C=O) groups is 1. The van der Waals surface area contributed by atoms with Crippen LogP contribution in [0.25, 0.3) is 22.9 Å². The van der Waals surface area contributed by atoms with Gasteiger partial charge in [0.05, 0.1) is 12.2 Å². The minimum Gasteiger partial charge on any atom is -0.493 e. The van der Waals surface area contributed by atoms with Gasteiger partial charge in [0, 0.05) is 16.8 Å². The van der Waals surface area contributed by atoms with Crippen LogP contribution in [-0.2, 0) is 0 Å². The zero-order chi connectivity index (χ0) is 20.1. The highest BCUT2D eigenvalue weighted by Gasteiger charge is 2.13. The van der Waals surface area contributed by atoms with Crippen molar-refractivity contribution in [2.45, 2.75) is 6.92 Å². The number of rotatable bonds is 6. The van der Waals surface area contributed by atoms with Gasteiger partial charge in [-0.15, -0.1) is 10.2 Å². The number of para-hydroxylation sites is 1. The molecule has 0 aliphatic rings. The smallest absolute Gasteiger partial charge is 0.259 e. The van der Waals surface area contributed by atoms with Crippen LogP contribution in [0.1, 0.15) is 17.3 Å². The summed E-state index contributed by atoms with van der Waals surface area (Å²) in [5.41, 5.74) is 2.78. The fraction of sp³-hybridized carbons (Fsp3) is 0.0870. The molecule has 0 radical (unpaired) electrons. The first-order valence-corrected chi connectivity index (χ1v) is 9.27. The van der Waals surface area contributed by atoms with E-state index in [0.717, 1.165) is 11.1 Å². The van der Waals surface area contributed by atoms with Crippen LogP contribution in [0.5, 0.6) is 5.75 Å². The maximum Gasteiger partial charge on any atom is 0.259 e. The Labute approximate surface area is 168 Å². The minimum atomic E-state index is -0.231. The number of anilines is 1. The van der Waals surface area contributed by atoms with E-state index < -0.39 is 0 Å². The summed E-state index contributed by atoms with van der Waals surface area (Å²) >= 11 is 0. The van der Waals surface area contributed by atoms with Gasteiger partial charge in [-0.3, -0.25) is 4.79 Å². The van der Waals surface area contributed by atoms with Crippen LogP contribution >= 0.6 is 0 Å². The van der Waals surface area contributed by atoms with Gasteiger partial charge in [-0.25, -0.2) is 0 Å². The zero-order valence-corrected chi connectivity index (χ0v) is 15.8. The molecule has 0 atom stereocenters. The molecule has 1 heterocycles. The predicted molar refractivity (Wildman–Crippen MR) is 111 cm³/mol. The summed E-state index contributed by atoms with van der Waals surface area (Å²) in [6, 6.07) is 24.0. The van der Waals surface area contributed by atoms with Crippen LogP contribution in [0.15, 0.2) is 83.3 Å². The van der Waals surface area contributed by atoms with Gasteiger partial charge in [0.25, 0.3) is 5.91 Å². The molecule has 0 aliphatic heterocycles. The molecule has 0 spiro atoms. The molecule has 144 valence electrons. The summed E-state index contributed by atoms with van der Waals surface area (Å²) < 4.78 is 11.3. The number of aromatic nitrogens is 2. The molecule has 1 aromatic heterocycles. The zero-order valence-electron chi connectivity index (χ0n) is 15.8. The van der Waals surface area contributed by atoms with E-state index in [1.165, 1.54) is 0 Å². The average molecular weight is 385 g/mol.